The molecule has 0 aliphatic carbocycles. The molecule has 0 aliphatic rings. The Kier molecular flexibility index (Phi) is 3.15. The first kappa shape index (κ1) is 8.81. The summed E-state index contributed by atoms with van der Waals surface area (Å²) in [5.41, 5.74) is 0.736. The van der Waals surface area contributed by atoms with Crippen molar-refractivity contribution in [2.75, 3.05) is 6.26 Å². The zero-order valence-electron chi connectivity index (χ0n) is 6.00. The van der Waals surface area contributed by atoms with Crippen LogP contribution in [-0.4, -0.2) is 12.5 Å². The van der Waals surface area contributed by atoms with Crippen molar-refractivity contribution in [2.24, 2.45) is 0 Å². The van der Waals surface area contributed by atoms with Gasteiger partial charge in [0.1, 0.15) is 0 Å². The zero-order chi connectivity index (χ0) is 8.27. The Morgan fingerprint density at radius 1 is 1.55 bits per heavy atom. The number of aldehydes is 1. The van der Waals surface area contributed by atoms with E-state index < -0.39 is 0 Å². The molecule has 0 fully saturated rings. The molecule has 1 rings (SSSR count). The molecular weight excluding hydrogens is 224 g/mol. The number of halogens is 1. The van der Waals surface area contributed by atoms with E-state index in [0.29, 0.717) is 0 Å². The Labute approximate surface area is 78.3 Å². The van der Waals surface area contributed by atoms with E-state index in [1.807, 2.05) is 24.5 Å². The van der Waals surface area contributed by atoms with Gasteiger partial charge in [0.2, 0.25) is 0 Å². The smallest absolute Gasteiger partial charge is 0.152 e. The summed E-state index contributed by atoms with van der Waals surface area (Å²) in [4.78, 5) is 11.6. The average Bonchev–Trinajstić information content (AvgIpc) is 2.04. The lowest BCUT2D eigenvalue weighted by molar-refractivity contribution is 0.112. The van der Waals surface area contributed by atoms with Gasteiger partial charge in [-0.2, -0.15) is 0 Å². The molecule has 0 unspecified atom stereocenters. The van der Waals surface area contributed by atoms with E-state index in [4.69, 9.17) is 0 Å². The minimum absolute atomic E-state index is 0.736. The van der Waals surface area contributed by atoms with Gasteiger partial charge < -0.3 is 0 Å². The van der Waals surface area contributed by atoms with Crippen LogP contribution >= 0.6 is 27.7 Å². The second kappa shape index (κ2) is 3.93. The van der Waals surface area contributed by atoms with Crippen LogP contribution in [0.1, 0.15) is 10.4 Å². The van der Waals surface area contributed by atoms with Gasteiger partial charge in [-0.05, 0) is 18.4 Å². The standard InChI is InChI=1S/C8H7BrOS/c1-11-8-4-2-3-7(9)6(8)5-10/h2-5H,1H3. The maximum absolute atomic E-state index is 10.6. The predicted molar refractivity (Wildman–Crippen MR) is 51.3 cm³/mol. The SMILES string of the molecule is CSc1cccc(Br)c1C=O. The Hall–Kier alpha value is -0.280. The van der Waals surface area contributed by atoms with Crippen LogP contribution in [0.2, 0.25) is 0 Å². The summed E-state index contributed by atoms with van der Waals surface area (Å²) in [5, 5.41) is 0. The molecule has 1 aromatic rings. The molecule has 0 atom stereocenters. The fourth-order valence-electron chi connectivity index (χ4n) is 0.810. The van der Waals surface area contributed by atoms with Gasteiger partial charge in [-0.15, -0.1) is 11.8 Å². The number of carbonyl (C=O) groups excluding carboxylic acids is 1. The third-order valence-corrected chi connectivity index (χ3v) is 2.84. The fraction of sp³-hybridized carbons (Fsp3) is 0.125. The average molecular weight is 231 g/mol. The molecule has 0 heterocycles. The molecule has 0 saturated heterocycles. The van der Waals surface area contributed by atoms with E-state index in [0.717, 1.165) is 21.2 Å². The molecule has 1 nitrogen and oxygen atoms in total. The molecule has 0 N–H and O–H groups in total. The van der Waals surface area contributed by atoms with Gasteiger partial charge in [-0.1, -0.05) is 22.0 Å². The van der Waals surface area contributed by atoms with Crippen molar-refractivity contribution in [3.8, 4) is 0 Å². The van der Waals surface area contributed by atoms with Crippen LogP contribution in [0.25, 0.3) is 0 Å². The monoisotopic (exact) mass is 230 g/mol. The van der Waals surface area contributed by atoms with Crippen molar-refractivity contribution in [1.29, 1.82) is 0 Å². The molecule has 0 spiro atoms. The first-order chi connectivity index (χ1) is 5.29. The molecule has 0 aromatic heterocycles. The minimum atomic E-state index is 0.736. The molecule has 0 aliphatic heterocycles. The third-order valence-electron chi connectivity index (χ3n) is 1.35. The summed E-state index contributed by atoms with van der Waals surface area (Å²) in [6.07, 6.45) is 2.82. The highest BCUT2D eigenvalue weighted by atomic mass is 79.9. The minimum Gasteiger partial charge on any atom is -0.298 e. The van der Waals surface area contributed by atoms with Gasteiger partial charge in [-0.25, -0.2) is 0 Å². The van der Waals surface area contributed by atoms with Gasteiger partial charge in [0.05, 0.1) is 0 Å². The van der Waals surface area contributed by atoms with E-state index in [2.05, 4.69) is 15.9 Å². The maximum atomic E-state index is 10.6. The number of rotatable bonds is 2. The van der Waals surface area contributed by atoms with Crippen LogP contribution in [0.15, 0.2) is 27.6 Å². The molecule has 3 heteroatoms. The van der Waals surface area contributed by atoms with E-state index in [1.54, 1.807) is 11.8 Å². The summed E-state index contributed by atoms with van der Waals surface area (Å²) in [5.74, 6) is 0. The highest BCUT2D eigenvalue weighted by Crippen LogP contribution is 2.25. The van der Waals surface area contributed by atoms with Crippen molar-refractivity contribution in [2.45, 2.75) is 4.90 Å². The molecular formula is C8H7BrOS. The van der Waals surface area contributed by atoms with Crippen LogP contribution < -0.4 is 0 Å². The second-order valence-corrected chi connectivity index (χ2v) is 3.68. The predicted octanol–water partition coefficient (Wildman–Crippen LogP) is 2.98. The van der Waals surface area contributed by atoms with Crippen LogP contribution in [0.4, 0.5) is 0 Å². The maximum Gasteiger partial charge on any atom is 0.152 e. The lowest BCUT2D eigenvalue weighted by Gasteiger charge is -2.01. The number of hydrogen-bond acceptors (Lipinski definition) is 2. The third kappa shape index (κ3) is 1.84. The number of carbonyl (C=O) groups is 1. The van der Waals surface area contributed by atoms with Gasteiger partial charge >= 0.3 is 0 Å². The van der Waals surface area contributed by atoms with Gasteiger partial charge in [0.25, 0.3) is 0 Å². The Morgan fingerprint density at radius 3 is 2.73 bits per heavy atom. The van der Waals surface area contributed by atoms with Crippen LogP contribution in [0.3, 0.4) is 0 Å². The van der Waals surface area contributed by atoms with Crippen LogP contribution in [0.5, 0.6) is 0 Å². The highest BCUT2D eigenvalue weighted by molar-refractivity contribution is 9.10. The van der Waals surface area contributed by atoms with Crippen molar-refractivity contribution in [1.82, 2.24) is 0 Å². The van der Waals surface area contributed by atoms with Crippen molar-refractivity contribution in [3.63, 3.8) is 0 Å². The Morgan fingerprint density at radius 2 is 2.27 bits per heavy atom. The molecule has 0 amide bonds. The summed E-state index contributed by atoms with van der Waals surface area (Å²) in [6.45, 7) is 0. The molecule has 0 saturated carbocycles. The topological polar surface area (TPSA) is 17.1 Å². The van der Waals surface area contributed by atoms with Gasteiger partial charge in [-0.3, -0.25) is 4.79 Å². The number of thioether (sulfide) groups is 1. The molecule has 1 aromatic carbocycles. The molecule has 11 heavy (non-hydrogen) atoms. The highest BCUT2D eigenvalue weighted by Gasteiger charge is 2.02. The van der Waals surface area contributed by atoms with Crippen molar-refractivity contribution >= 4 is 34.0 Å². The summed E-state index contributed by atoms with van der Waals surface area (Å²) in [7, 11) is 0. The van der Waals surface area contributed by atoms with Gasteiger partial charge in [0.15, 0.2) is 6.29 Å². The lowest BCUT2D eigenvalue weighted by Crippen LogP contribution is -1.85. The number of benzene rings is 1. The van der Waals surface area contributed by atoms with Crippen LogP contribution in [-0.2, 0) is 0 Å². The fourth-order valence-corrected chi connectivity index (χ4v) is 1.99. The summed E-state index contributed by atoms with van der Waals surface area (Å²) >= 11 is 4.88. The Bertz CT molecular complexity index is 273. The van der Waals surface area contributed by atoms with E-state index in [-0.39, 0.29) is 0 Å². The van der Waals surface area contributed by atoms with Crippen molar-refractivity contribution < 1.29 is 4.79 Å². The van der Waals surface area contributed by atoms with E-state index >= 15 is 0 Å². The Balaban J connectivity index is 3.24. The largest absolute Gasteiger partial charge is 0.298 e. The summed E-state index contributed by atoms with van der Waals surface area (Å²) < 4.78 is 0.861. The first-order valence-electron chi connectivity index (χ1n) is 3.07. The number of hydrogen-bond donors (Lipinski definition) is 0. The van der Waals surface area contributed by atoms with Gasteiger partial charge in [0, 0.05) is 14.9 Å². The van der Waals surface area contributed by atoms with Crippen LogP contribution in [0, 0.1) is 0 Å². The quantitative estimate of drug-likeness (QED) is 0.574. The van der Waals surface area contributed by atoms with E-state index in [9.17, 15) is 4.79 Å². The lowest BCUT2D eigenvalue weighted by atomic mass is 10.2. The molecule has 0 radical (unpaired) electrons. The first-order valence-corrected chi connectivity index (χ1v) is 5.09. The normalized spacial score (nSPS) is 9.64. The van der Waals surface area contributed by atoms with E-state index in [1.165, 1.54) is 0 Å². The zero-order valence-corrected chi connectivity index (χ0v) is 8.41. The second-order valence-electron chi connectivity index (χ2n) is 1.97. The molecule has 0 bridgehead atoms. The van der Waals surface area contributed by atoms with Crippen molar-refractivity contribution in [3.05, 3.63) is 28.2 Å². The summed E-state index contributed by atoms with van der Waals surface area (Å²) in [6, 6.07) is 5.71. The molecule has 58 valence electrons.